The lowest BCUT2D eigenvalue weighted by Gasteiger charge is -2.25. The molecule has 0 spiro atoms. The monoisotopic (exact) mass is 390 g/mol. The van der Waals surface area contributed by atoms with Crippen molar-refractivity contribution in [1.29, 1.82) is 0 Å². The zero-order valence-corrected chi connectivity index (χ0v) is 17.6. The van der Waals surface area contributed by atoms with E-state index in [4.69, 9.17) is 4.74 Å². The number of allylic oxidation sites excluding steroid dienone is 2. The molecule has 1 aliphatic rings. The molecule has 4 nitrogen and oxygen atoms in total. The largest absolute Gasteiger partial charge is 0.425 e. The van der Waals surface area contributed by atoms with E-state index in [1.54, 1.807) is 51.1 Å². The van der Waals surface area contributed by atoms with Crippen molar-refractivity contribution in [2.24, 2.45) is 5.41 Å². The molecule has 0 N–H and O–H groups in total. The van der Waals surface area contributed by atoms with Crippen LogP contribution in [-0.4, -0.2) is 17.5 Å². The van der Waals surface area contributed by atoms with E-state index in [-0.39, 0.29) is 22.9 Å². The predicted octanol–water partition coefficient (Wildman–Crippen LogP) is 5.23. The van der Waals surface area contributed by atoms with Crippen LogP contribution in [0.5, 0.6) is 5.75 Å². The van der Waals surface area contributed by atoms with Gasteiger partial charge in [0.2, 0.25) is 0 Å². The zero-order chi connectivity index (χ0) is 21.3. The summed E-state index contributed by atoms with van der Waals surface area (Å²) in [6, 6.07) is 8.52. The minimum atomic E-state index is -0.743. The second-order valence-corrected chi connectivity index (χ2v) is 8.35. The van der Waals surface area contributed by atoms with Crippen molar-refractivity contribution in [2.75, 3.05) is 0 Å². The third kappa shape index (κ3) is 3.80. The van der Waals surface area contributed by atoms with Crippen LogP contribution in [0.1, 0.15) is 77.1 Å². The highest BCUT2D eigenvalue weighted by molar-refractivity contribution is 6.29. The third-order valence-corrected chi connectivity index (χ3v) is 5.03. The molecule has 0 saturated heterocycles. The van der Waals surface area contributed by atoms with Gasteiger partial charge in [-0.25, -0.2) is 0 Å². The number of hydrogen-bond acceptors (Lipinski definition) is 4. The molecule has 150 valence electrons. The Balaban J connectivity index is 2.26. The van der Waals surface area contributed by atoms with E-state index in [2.05, 4.69) is 0 Å². The fourth-order valence-corrected chi connectivity index (χ4v) is 3.37. The predicted molar refractivity (Wildman–Crippen MR) is 113 cm³/mol. The van der Waals surface area contributed by atoms with Crippen molar-refractivity contribution in [1.82, 2.24) is 0 Å². The van der Waals surface area contributed by atoms with Crippen molar-refractivity contribution >= 4 is 17.5 Å². The van der Waals surface area contributed by atoms with E-state index in [0.717, 1.165) is 17.5 Å². The molecule has 0 saturated carbocycles. The standard InChI is InChI=1S/C25H26O4/c1-6-7-8-11-16-15(2)14-19-20(23(16)29-24(28)25(3,4)5)22(27)18-13-10-9-12-17(18)21(19)26/h7-10,12-14H,6,11H2,1-5H3/b8-7+. The molecule has 2 aromatic carbocycles. The highest BCUT2D eigenvalue weighted by atomic mass is 16.5. The Morgan fingerprint density at radius 2 is 1.62 bits per heavy atom. The van der Waals surface area contributed by atoms with Gasteiger partial charge < -0.3 is 4.74 Å². The molecule has 1 aliphatic carbocycles. The van der Waals surface area contributed by atoms with Crippen LogP contribution in [0.2, 0.25) is 0 Å². The van der Waals surface area contributed by atoms with Crippen LogP contribution in [-0.2, 0) is 11.2 Å². The van der Waals surface area contributed by atoms with Crippen molar-refractivity contribution in [3.8, 4) is 5.75 Å². The minimum Gasteiger partial charge on any atom is -0.425 e. The van der Waals surface area contributed by atoms with Crippen molar-refractivity contribution < 1.29 is 19.1 Å². The molecule has 0 amide bonds. The van der Waals surface area contributed by atoms with Gasteiger partial charge in [-0.3, -0.25) is 14.4 Å². The van der Waals surface area contributed by atoms with Crippen molar-refractivity contribution in [3.05, 3.63) is 75.9 Å². The Labute approximate surface area is 171 Å². The summed E-state index contributed by atoms with van der Waals surface area (Å²) in [5.41, 5.74) is 2.05. The highest BCUT2D eigenvalue weighted by Crippen LogP contribution is 2.39. The molecule has 3 rings (SSSR count). The number of ketones is 2. The molecule has 29 heavy (non-hydrogen) atoms. The summed E-state index contributed by atoms with van der Waals surface area (Å²) < 4.78 is 5.81. The number of hydrogen-bond donors (Lipinski definition) is 0. The second-order valence-electron chi connectivity index (χ2n) is 8.35. The van der Waals surface area contributed by atoms with Gasteiger partial charge in [-0.05, 0) is 52.2 Å². The van der Waals surface area contributed by atoms with E-state index >= 15 is 0 Å². The summed E-state index contributed by atoms with van der Waals surface area (Å²) in [5, 5.41) is 0. The first-order valence-corrected chi connectivity index (χ1v) is 9.89. The average Bonchev–Trinajstić information content (AvgIpc) is 2.67. The molecular weight excluding hydrogens is 364 g/mol. The smallest absolute Gasteiger partial charge is 0.316 e. The van der Waals surface area contributed by atoms with Crippen molar-refractivity contribution in [2.45, 2.75) is 47.5 Å². The molecule has 2 aromatic rings. The number of fused-ring (bicyclic) bond motifs is 2. The summed E-state index contributed by atoms with van der Waals surface area (Å²) in [6.07, 6.45) is 5.41. The number of rotatable bonds is 4. The summed E-state index contributed by atoms with van der Waals surface area (Å²) in [6.45, 7) is 9.20. The topological polar surface area (TPSA) is 60.4 Å². The van der Waals surface area contributed by atoms with E-state index in [1.165, 1.54) is 0 Å². The fourth-order valence-electron chi connectivity index (χ4n) is 3.37. The Morgan fingerprint density at radius 3 is 2.21 bits per heavy atom. The lowest BCUT2D eigenvalue weighted by atomic mass is 9.81. The first kappa shape index (κ1) is 20.7. The first-order chi connectivity index (χ1) is 13.7. The molecule has 0 heterocycles. The Morgan fingerprint density at radius 1 is 1.00 bits per heavy atom. The van der Waals surface area contributed by atoms with Crippen LogP contribution in [0, 0.1) is 12.3 Å². The minimum absolute atomic E-state index is 0.191. The normalized spacial score (nSPS) is 13.4. The fraction of sp³-hybridized carbons (Fsp3) is 0.320. The van der Waals surface area contributed by atoms with Gasteiger partial charge in [0.15, 0.2) is 11.6 Å². The van der Waals surface area contributed by atoms with E-state index < -0.39 is 11.4 Å². The summed E-state index contributed by atoms with van der Waals surface area (Å²) >= 11 is 0. The molecule has 0 atom stereocenters. The highest BCUT2D eigenvalue weighted by Gasteiger charge is 2.36. The van der Waals surface area contributed by atoms with Crippen LogP contribution in [0.25, 0.3) is 0 Å². The summed E-state index contributed by atoms with van der Waals surface area (Å²) in [5.74, 6) is -0.728. The van der Waals surface area contributed by atoms with Crippen LogP contribution in [0.4, 0.5) is 0 Å². The van der Waals surface area contributed by atoms with Gasteiger partial charge in [0.25, 0.3) is 0 Å². The second kappa shape index (κ2) is 7.78. The molecule has 0 radical (unpaired) electrons. The van der Waals surface area contributed by atoms with Crippen LogP contribution in [0.3, 0.4) is 0 Å². The Kier molecular flexibility index (Phi) is 5.56. The van der Waals surface area contributed by atoms with E-state index in [0.29, 0.717) is 23.1 Å². The van der Waals surface area contributed by atoms with Gasteiger partial charge in [0, 0.05) is 22.3 Å². The number of benzene rings is 2. The number of aryl methyl sites for hydroxylation is 1. The molecule has 0 fully saturated rings. The quantitative estimate of drug-likeness (QED) is 0.348. The molecule has 4 heteroatoms. The number of carbonyl (C=O) groups excluding carboxylic acids is 3. The Bertz CT molecular complexity index is 1040. The number of ether oxygens (including phenoxy) is 1. The van der Waals surface area contributed by atoms with Crippen LogP contribution in [0.15, 0.2) is 42.5 Å². The molecule has 0 aromatic heterocycles. The SMILES string of the molecule is CC/C=C/Cc1c(C)cc2c(c1OC(=O)C(C)(C)C)C(=O)c1ccccc1C2=O. The molecular formula is C25H26O4. The van der Waals surface area contributed by atoms with Crippen LogP contribution < -0.4 is 4.74 Å². The lowest BCUT2D eigenvalue weighted by Crippen LogP contribution is -2.29. The maximum atomic E-state index is 13.3. The van der Waals surface area contributed by atoms with Crippen molar-refractivity contribution in [3.63, 3.8) is 0 Å². The van der Waals surface area contributed by atoms with E-state index in [1.807, 2.05) is 26.0 Å². The lowest BCUT2D eigenvalue weighted by molar-refractivity contribution is -0.143. The van der Waals surface area contributed by atoms with Gasteiger partial charge in [0.05, 0.1) is 11.0 Å². The van der Waals surface area contributed by atoms with Gasteiger partial charge in [-0.2, -0.15) is 0 Å². The Hall–Kier alpha value is -3.01. The third-order valence-electron chi connectivity index (χ3n) is 5.03. The molecule has 0 aliphatic heterocycles. The van der Waals surface area contributed by atoms with Crippen LogP contribution >= 0.6 is 0 Å². The number of esters is 1. The van der Waals surface area contributed by atoms with Gasteiger partial charge in [-0.15, -0.1) is 0 Å². The first-order valence-electron chi connectivity index (χ1n) is 9.89. The van der Waals surface area contributed by atoms with E-state index in [9.17, 15) is 14.4 Å². The van der Waals surface area contributed by atoms with Gasteiger partial charge in [-0.1, -0.05) is 43.3 Å². The number of carbonyl (C=O) groups is 3. The molecule has 0 unspecified atom stereocenters. The molecule has 0 bridgehead atoms. The summed E-state index contributed by atoms with van der Waals surface area (Å²) in [7, 11) is 0. The summed E-state index contributed by atoms with van der Waals surface area (Å²) in [4.78, 5) is 39.2. The zero-order valence-electron chi connectivity index (χ0n) is 17.6. The van der Waals surface area contributed by atoms with Gasteiger partial charge in [0.1, 0.15) is 5.75 Å². The maximum absolute atomic E-state index is 13.3. The van der Waals surface area contributed by atoms with Gasteiger partial charge >= 0.3 is 5.97 Å². The maximum Gasteiger partial charge on any atom is 0.316 e. The average molecular weight is 390 g/mol.